The number of nitrogens with one attached hydrogen (secondary N) is 1. The summed E-state index contributed by atoms with van der Waals surface area (Å²) in [5.41, 5.74) is -0.190. The normalized spacial score (nSPS) is 32.0. The minimum atomic E-state index is -5.07. The molecule has 0 spiro atoms. The zero-order valence-electron chi connectivity index (χ0n) is 13.3. The molecule has 3 fully saturated rings. The van der Waals surface area contributed by atoms with Gasteiger partial charge in [-0.2, -0.15) is 13.2 Å². The molecule has 134 valence electrons. The first-order chi connectivity index (χ1) is 11.0. The molecule has 0 aromatic heterocycles. The maximum atomic E-state index is 12.7. The first-order valence-corrected chi connectivity index (χ1v) is 7.87. The number of piperidine rings is 1. The lowest BCUT2D eigenvalue weighted by atomic mass is 10.00. The van der Waals surface area contributed by atoms with Gasteiger partial charge < -0.3 is 15.3 Å². The molecule has 4 atom stereocenters. The van der Waals surface area contributed by atoms with E-state index in [1.807, 2.05) is 13.8 Å². The number of nitrogens with zero attached hydrogens (tertiary/aromatic N) is 1. The summed E-state index contributed by atoms with van der Waals surface area (Å²) in [4.78, 5) is 36.6. The number of alkyl halides is 3. The van der Waals surface area contributed by atoms with Gasteiger partial charge in [-0.05, 0) is 30.1 Å². The highest BCUT2D eigenvalue weighted by molar-refractivity contribution is 5.93. The molecule has 9 heteroatoms. The van der Waals surface area contributed by atoms with E-state index in [0.717, 1.165) is 4.90 Å². The number of hydrogen-bond donors (Lipinski definition) is 2. The molecule has 1 heterocycles. The smallest absolute Gasteiger partial charge is 0.471 e. The molecule has 3 aliphatic rings. The van der Waals surface area contributed by atoms with Crippen LogP contribution in [0.5, 0.6) is 0 Å². The summed E-state index contributed by atoms with van der Waals surface area (Å²) >= 11 is 0. The second kappa shape index (κ2) is 5.10. The highest BCUT2D eigenvalue weighted by atomic mass is 19.4. The minimum absolute atomic E-state index is 0.0284. The van der Waals surface area contributed by atoms with Gasteiger partial charge >= 0.3 is 18.1 Å². The Hall–Kier alpha value is -1.80. The van der Waals surface area contributed by atoms with Crippen LogP contribution in [0.2, 0.25) is 0 Å². The first-order valence-electron chi connectivity index (χ1n) is 7.87. The van der Waals surface area contributed by atoms with Crippen molar-refractivity contribution in [3.63, 3.8) is 0 Å². The third kappa shape index (κ3) is 2.63. The summed E-state index contributed by atoms with van der Waals surface area (Å²) in [6, 6.07) is -2.34. The molecule has 0 aromatic rings. The van der Waals surface area contributed by atoms with E-state index < -0.39 is 36.0 Å². The van der Waals surface area contributed by atoms with Crippen LogP contribution in [0.1, 0.15) is 26.7 Å². The van der Waals surface area contributed by atoms with Crippen LogP contribution in [-0.2, 0) is 14.4 Å². The van der Waals surface area contributed by atoms with Crippen molar-refractivity contribution in [2.24, 2.45) is 23.2 Å². The molecule has 0 aromatic carbocycles. The number of carbonyl (C=O) groups excluding carboxylic acids is 2. The zero-order chi connectivity index (χ0) is 18.0. The van der Waals surface area contributed by atoms with Gasteiger partial charge in [0.1, 0.15) is 12.1 Å². The number of fused-ring (bicyclic) bond motifs is 1. The van der Waals surface area contributed by atoms with Crippen LogP contribution in [0, 0.1) is 23.2 Å². The van der Waals surface area contributed by atoms with Gasteiger partial charge in [-0.1, -0.05) is 13.8 Å². The summed E-state index contributed by atoms with van der Waals surface area (Å²) in [5, 5.41) is 11.2. The summed E-state index contributed by atoms with van der Waals surface area (Å²) < 4.78 is 37.4. The fourth-order valence-corrected chi connectivity index (χ4v) is 4.01. The second-order valence-electron chi connectivity index (χ2n) is 7.51. The molecule has 0 bridgehead atoms. The number of halogens is 3. The van der Waals surface area contributed by atoms with Crippen molar-refractivity contribution in [1.82, 2.24) is 10.2 Å². The van der Waals surface area contributed by atoms with Crippen LogP contribution in [0.4, 0.5) is 13.2 Å². The molecule has 3 rings (SSSR count). The number of hydrogen-bond acceptors (Lipinski definition) is 3. The van der Waals surface area contributed by atoms with Crippen LogP contribution < -0.4 is 5.32 Å². The van der Waals surface area contributed by atoms with Crippen molar-refractivity contribution >= 4 is 17.8 Å². The van der Waals surface area contributed by atoms with E-state index in [1.54, 1.807) is 5.32 Å². The number of likely N-dealkylation sites (tertiary alicyclic amines) is 1. The molecule has 2 N–H and O–H groups in total. The van der Waals surface area contributed by atoms with Crippen LogP contribution in [0.25, 0.3) is 0 Å². The molecule has 2 aliphatic carbocycles. The van der Waals surface area contributed by atoms with Gasteiger partial charge in [0.15, 0.2) is 0 Å². The van der Waals surface area contributed by atoms with Crippen molar-refractivity contribution in [2.45, 2.75) is 44.9 Å². The highest BCUT2D eigenvalue weighted by Gasteiger charge is 2.70. The van der Waals surface area contributed by atoms with E-state index in [9.17, 15) is 32.7 Å². The Morgan fingerprint density at radius 1 is 1.25 bits per heavy atom. The predicted molar refractivity (Wildman–Crippen MR) is 74.6 cm³/mol. The first kappa shape index (κ1) is 17.0. The van der Waals surface area contributed by atoms with E-state index >= 15 is 0 Å². The number of carbonyl (C=O) groups is 3. The average molecular weight is 348 g/mol. The van der Waals surface area contributed by atoms with E-state index in [0.29, 0.717) is 12.8 Å². The number of rotatable bonds is 4. The monoisotopic (exact) mass is 348 g/mol. The van der Waals surface area contributed by atoms with Gasteiger partial charge in [-0.25, -0.2) is 4.79 Å². The van der Waals surface area contributed by atoms with Gasteiger partial charge in [0.25, 0.3) is 0 Å². The summed E-state index contributed by atoms with van der Waals surface area (Å²) in [7, 11) is 0. The number of carboxylic acid groups (broad SMARTS) is 1. The molecule has 0 unspecified atom stereocenters. The van der Waals surface area contributed by atoms with E-state index in [1.165, 1.54) is 0 Å². The van der Waals surface area contributed by atoms with Crippen molar-refractivity contribution < 1.29 is 32.7 Å². The Labute approximate surface area is 136 Å². The van der Waals surface area contributed by atoms with Gasteiger partial charge in [0, 0.05) is 12.5 Å². The van der Waals surface area contributed by atoms with Gasteiger partial charge in [0.05, 0.1) is 0 Å². The Bertz CT molecular complexity index is 600. The van der Waals surface area contributed by atoms with Crippen molar-refractivity contribution in [3.05, 3.63) is 0 Å². The highest BCUT2D eigenvalue weighted by Crippen LogP contribution is 2.65. The van der Waals surface area contributed by atoms with Crippen LogP contribution in [-0.4, -0.2) is 52.6 Å². The van der Waals surface area contributed by atoms with E-state index in [-0.39, 0.29) is 29.7 Å². The standard InChI is InChI=1S/C15H19F3N2O4/c1-14(2)7-5-20(10(8(7)14)12(22)23)11(21)9(6-3-4-6)19-13(24)15(16,17)18/h6-10H,3-5H2,1-2H3,(H,19,24)(H,22,23)/t7-,8-,9-,10-/m0/s1. The fraction of sp³-hybridized carbons (Fsp3) is 0.800. The molecule has 24 heavy (non-hydrogen) atoms. The maximum Gasteiger partial charge on any atom is 0.471 e. The maximum absolute atomic E-state index is 12.7. The van der Waals surface area contributed by atoms with Crippen molar-refractivity contribution in [3.8, 4) is 0 Å². The quantitative estimate of drug-likeness (QED) is 0.794. The SMILES string of the molecule is CC1(C)[C@@H]2[C@@H](C(=O)O)N(C(=O)[C@@H](NC(=O)C(F)(F)F)C3CC3)C[C@@H]21. The Morgan fingerprint density at radius 2 is 1.83 bits per heavy atom. The summed E-state index contributed by atoms with van der Waals surface area (Å²) in [6.45, 7) is 4.05. The number of carboxylic acids is 1. The van der Waals surface area contributed by atoms with E-state index in [4.69, 9.17) is 0 Å². The van der Waals surface area contributed by atoms with Crippen molar-refractivity contribution in [2.75, 3.05) is 6.54 Å². The summed E-state index contributed by atoms with van der Waals surface area (Å²) in [6.07, 6.45) is -3.99. The molecular formula is C15H19F3N2O4. The predicted octanol–water partition coefficient (Wildman–Crippen LogP) is 1.01. The summed E-state index contributed by atoms with van der Waals surface area (Å²) in [5.74, 6) is -4.56. The van der Waals surface area contributed by atoms with Gasteiger partial charge in [-0.15, -0.1) is 0 Å². The molecule has 2 saturated carbocycles. The van der Waals surface area contributed by atoms with Crippen LogP contribution >= 0.6 is 0 Å². The molecule has 0 radical (unpaired) electrons. The minimum Gasteiger partial charge on any atom is -0.480 e. The lowest BCUT2D eigenvalue weighted by Crippen LogP contribution is -2.56. The third-order valence-corrected chi connectivity index (χ3v) is 5.65. The molecule has 6 nitrogen and oxygen atoms in total. The molecule has 1 aliphatic heterocycles. The van der Waals surface area contributed by atoms with Crippen LogP contribution in [0.3, 0.4) is 0 Å². The Morgan fingerprint density at radius 3 is 2.29 bits per heavy atom. The Kier molecular flexibility index (Phi) is 3.62. The van der Waals surface area contributed by atoms with Gasteiger partial charge in [-0.3, -0.25) is 9.59 Å². The molecule has 1 saturated heterocycles. The largest absolute Gasteiger partial charge is 0.480 e. The fourth-order valence-electron chi connectivity index (χ4n) is 4.01. The number of aliphatic carboxylic acids is 1. The molecular weight excluding hydrogens is 329 g/mol. The lowest BCUT2D eigenvalue weighted by Gasteiger charge is -2.31. The average Bonchev–Trinajstić information content (AvgIpc) is 3.30. The Balaban J connectivity index is 1.76. The van der Waals surface area contributed by atoms with Gasteiger partial charge in [0.2, 0.25) is 5.91 Å². The lowest BCUT2D eigenvalue weighted by molar-refractivity contribution is -0.175. The third-order valence-electron chi connectivity index (χ3n) is 5.65. The zero-order valence-corrected chi connectivity index (χ0v) is 13.3. The molecule has 2 amide bonds. The van der Waals surface area contributed by atoms with Crippen LogP contribution in [0.15, 0.2) is 0 Å². The van der Waals surface area contributed by atoms with E-state index in [2.05, 4.69) is 0 Å². The second-order valence-corrected chi connectivity index (χ2v) is 7.51. The topological polar surface area (TPSA) is 86.7 Å². The number of amides is 2. The van der Waals surface area contributed by atoms with Crippen molar-refractivity contribution in [1.29, 1.82) is 0 Å².